The van der Waals surface area contributed by atoms with Crippen LogP contribution in [0, 0.1) is 0 Å². The van der Waals surface area contributed by atoms with Crippen molar-refractivity contribution in [3.63, 3.8) is 0 Å². The van der Waals surface area contributed by atoms with Gasteiger partial charge in [-0.1, -0.05) is 6.92 Å². The summed E-state index contributed by atoms with van der Waals surface area (Å²) in [5.74, 6) is 1.98. The molecule has 2 aliphatic rings. The van der Waals surface area contributed by atoms with Gasteiger partial charge in [0.15, 0.2) is 0 Å². The molecule has 1 fully saturated rings. The molecule has 0 amide bonds. The van der Waals surface area contributed by atoms with Crippen molar-refractivity contribution in [3.05, 3.63) is 17.2 Å². The van der Waals surface area contributed by atoms with Crippen molar-refractivity contribution in [3.8, 4) is 0 Å². The molecule has 5 heteroatoms. The number of aromatic nitrogens is 2. The van der Waals surface area contributed by atoms with Crippen molar-refractivity contribution in [2.45, 2.75) is 56.9 Å². The molecule has 0 spiro atoms. The molecule has 2 heterocycles. The Bertz CT molecular complexity index is 493. The summed E-state index contributed by atoms with van der Waals surface area (Å²) in [5.41, 5.74) is 2.67. The average molecular weight is 281 g/mol. The fourth-order valence-electron chi connectivity index (χ4n) is 2.77. The summed E-state index contributed by atoms with van der Waals surface area (Å²) in [6, 6.07) is 0. The molecule has 0 radical (unpaired) electrons. The Morgan fingerprint density at radius 3 is 3.00 bits per heavy atom. The van der Waals surface area contributed by atoms with Crippen LogP contribution in [0.5, 0.6) is 0 Å². The Morgan fingerprint density at radius 1 is 1.53 bits per heavy atom. The van der Waals surface area contributed by atoms with Crippen LogP contribution in [0.15, 0.2) is 0 Å². The zero-order valence-electron chi connectivity index (χ0n) is 11.8. The van der Waals surface area contributed by atoms with Crippen LogP contribution in [-0.2, 0) is 30.3 Å². The van der Waals surface area contributed by atoms with E-state index in [0.29, 0.717) is 5.92 Å². The maximum absolute atomic E-state index is 11.5. The summed E-state index contributed by atoms with van der Waals surface area (Å²) in [6.07, 6.45) is 6.45. The largest absolute Gasteiger partial charge is 0.331 e. The summed E-state index contributed by atoms with van der Waals surface area (Å²) in [6.45, 7) is 5.03. The molecule has 4 nitrogen and oxygen atoms in total. The van der Waals surface area contributed by atoms with E-state index in [9.17, 15) is 4.21 Å². The van der Waals surface area contributed by atoms with Crippen LogP contribution in [0.4, 0.5) is 0 Å². The van der Waals surface area contributed by atoms with E-state index in [-0.39, 0.29) is 5.25 Å². The lowest BCUT2D eigenvalue weighted by Crippen LogP contribution is -2.25. The summed E-state index contributed by atoms with van der Waals surface area (Å²) in [4.78, 5) is 4.86. The molecule has 0 saturated heterocycles. The van der Waals surface area contributed by atoms with Crippen molar-refractivity contribution < 1.29 is 4.21 Å². The van der Waals surface area contributed by atoms with Crippen molar-refractivity contribution >= 4 is 10.8 Å². The van der Waals surface area contributed by atoms with E-state index in [1.54, 1.807) is 6.26 Å². The highest BCUT2D eigenvalue weighted by Crippen LogP contribution is 2.40. The average Bonchev–Trinajstić information content (AvgIpc) is 3.18. The van der Waals surface area contributed by atoms with Gasteiger partial charge >= 0.3 is 0 Å². The lowest BCUT2D eigenvalue weighted by atomic mass is 10.2. The van der Waals surface area contributed by atoms with E-state index in [4.69, 9.17) is 4.98 Å². The van der Waals surface area contributed by atoms with Crippen LogP contribution < -0.4 is 5.32 Å². The molecular weight excluding hydrogens is 258 g/mol. The van der Waals surface area contributed by atoms with Gasteiger partial charge in [0.25, 0.3) is 0 Å². The van der Waals surface area contributed by atoms with E-state index in [2.05, 4.69) is 16.8 Å². The normalized spacial score (nSPS) is 22.0. The highest BCUT2D eigenvalue weighted by Gasteiger charge is 2.31. The predicted octanol–water partition coefficient (Wildman–Crippen LogP) is 1.56. The molecule has 19 heavy (non-hydrogen) atoms. The van der Waals surface area contributed by atoms with Crippen LogP contribution in [0.2, 0.25) is 0 Å². The molecule has 2 unspecified atom stereocenters. The van der Waals surface area contributed by atoms with Crippen LogP contribution >= 0.6 is 0 Å². The SMILES string of the molecule is CC(CCn1c(C2CC2)nc2c1CCNC2)S(C)=O. The highest BCUT2D eigenvalue weighted by atomic mass is 32.2. The highest BCUT2D eigenvalue weighted by molar-refractivity contribution is 7.84. The zero-order valence-corrected chi connectivity index (χ0v) is 12.6. The summed E-state index contributed by atoms with van der Waals surface area (Å²) >= 11 is 0. The lowest BCUT2D eigenvalue weighted by molar-refractivity contribution is 0.554. The summed E-state index contributed by atoms with van der Waals surface area (Å²) < 4.78 is 13.9. The van der Waals surface area contributed by atoms with Crippen molar-refractivity contribution in [2.24, 2.45) is 0 Å². The van der Waals surface area contributed by atoms with Crippen molar-refractivity contribution in [1.29, 1.82) is 0 Å². The van der Waals surface area contributed by atoms with Gasteiger partial charge in [-0.2, -0.15) is 0 Å². The molecule has 0 aromatic carbocycles. The Kier molecular flexibility index (Phi) is 3.76. The van der Waals surface area contributed by atoms with Crippen LogP contribution in [-0.4, -0.2) is 31.8 Å². The zero-order chi connectivity index (χ0) is 13.4. The minimum Gasteiger partial charge on any atom is -0.331 e. The van der Waals surface area contributed by atoms with Gasteiger partial charge in [0.05, 0.1) is 5.69 Å². The standard InChI is InChI=1S/C14H23N3OS/c1-10(19(2)18)6-8-17-13-5-7-15-9-12(13)16-14(17)11-3-4-11/h10-11,15H,3-9H2,1-2H3. The van der Waals surface area contributed by atoms with E-state index in [1.165, 1.54) is 30.1 Å². The molecule has 1 aliphatic carbocycles. The third kappa shape index (κ3) is 2.77. The predicted molar refractivity (Wildman–Crippen MR) is 77.8 cm³/mol. The monoisotopic (exact) mass is 281 g/mol. The number of nitrogens with zero attached hydrogens (tertiary/aromatic N) is 2. The topological polar surface area (TPSA) is 46.9 Å². The van der Waals surface area contributed by atoms with Gasteiger partial charge in [-0.3, -0.25) is 4.21 Å². The maximum atomic E-state index is 11.5. The Hall–Kier alpha value is -0.680. The van der Waals surface area contributed by atoms with Crippen molar-refractivity contribution in [2.75, 3.05) is 12.8 Å². The number of rotatable bonds is 5. The smallest absolute Gasteiger partial charge is 0.112 e. The fourth-order valence-corrected chi connectivity index (χ4v) is 3.21. The van der Waals surface area contributed by atoms with E-state index >= 15 is 0 Å². The first-order valence-corrected chi connectivity index (χ1v) is 8.90. The second kappa shape index (κ2) is 5.37. The molecule has 3 rings (SSSR count). The van der Waals surface area contributed by atoms with E-state index in [0.717, 1.165) is 32.5 Å². The minimum absolute atomic E-state index is 0.270. The van der Waals surface area contributed by atoms with E-state index in [1.807, 2.05) is 0 Å². The van der Waals surface area contributed by atoms with Gasteiger partial charge in [-0.05, 0) is 19.3 Å². The third-order valence-electron chi connectivity index (χ3n) is 4.28. The molecule has 1 aliphatic heterocycles. The fraction of sp³-hybridized carbons (Fsp3) is 0.786. The number of hydrogen-bond donors (Lipinski definition) is 1. The van der Waals surface area contributed by atoms with Crippen LogP contribution in [0.3, 0.4) is 0 Å². The molecule has 106 valence electrons. The first-order valence-electron chi connectivity index (χ1n) is 7.28. The second-order valence-electron chi connectivity index (χ2n) is 5.81. The van der Waals surface area contributed by atoms with Gasteiger partial charge in [0.1, 0.15) is 5.82 Å². The van der Waals surface area contributed by atoms with Crippen LogP contribution in [0.1, 0.15) is 49.3 Å². The van der Waals surface area contributed by atoms with E-state index < -0.39 is 10.8 Å². The molecule has 1 N–H and O–H groups in total. The van der Waals surface area contributed by atoms with Gasteiger partial charge in [-0.15, -0.1) is 0 Å². The number of hydrogen-bond acceptors (Lipinski definition) is 3. The van der Waals surface area contributed by atoms with Gasteiger partial charge < -0.3 is 9.88 Å². The first-order chi connectivity index (χ1) is 9.16. The quantitative estimate of drug-likeness (QED) is 0.891. The Morgan fingerprint density at radius 2 is 2.32 bits per heavy atom. The van der Waals surface area contributed by atoms with Crippen LogP contribution in [0.25, 0.3) is 0 Å². The molecule has 0 bridgehead atoms. The molecule has 1 saturated carbocycles. The first kappa shape index (κ1) is 13.3. The minimum atomic E-state index is -0.721. The van der Waals surface area contributed by atoms with Gasteiger partial charge in [0.2, 0.25) is 0 Å². The molecule has 2 atom stereocenters. The summed E-state index contributed by atoms with van der Waals surface area (Å²) in [7, 11) is -0.721. The Balaban J connectivity index is 1.81. The molecule has 1 aromatic heterocycles. The third-order valence-corrected chi connectivity index (χ3v) is 5.65. The summed E-state index contributed by atoms with van der Waals surface area (Å²) in [5, 5.41) is 3.67. The molecular formula is C14H23N3OS. The second-order valence-corrected chi connectivity index (χ2v) is 7.62. The number of fused-ring (bicyclic) bond motifs is 1. The number of imidazole rings is 1. The van der Waals surface area contributed by atoms with Gasteiger partial charge in [-0.25, -0.2) is 4.98 Å². The van der Waals surface area contributed by atoms with Gasteiger partial charge in [0, 0.05) is 60.0 Å². The lowest BCUT2D eigenvalue weighted by Gasteiger charge is -2.17. The maximum Gasteiger partial charge on any atom is 0.112 e. The molecule has 1 aromatic rings. The number of nitrogens with one attached hydrogen (secondary N) is 1. The Labute approximate surface area is 117 Å². The van der Waals surface area contributed by atoms with Crippen molar-refractivity contribution in [1.82, 2.24) is 14.9 Å².